The van der Waals surface area contributed by atoms with Gasteiger partial charge in [-0.1, -0.05) is 23.7 Å². The molecule has 2 rings (SSSR count). The molecule has 1 unspecified atom stereocenters. The molecule has 3 nitrogen and oxygen atoms in total. The summed E-state index contributed by atoms with van der Waals surface area (Å²) in [6.07, 6.45) is 0.714. The first kappa shape index (κ1) is 11.7. The zero-order valence-corrected chi connectivity index (χ0v) is 9.86. The average molecular weight is 242 g/mol. The maximum Gasteiger partial charge on any atom is 0.0671 e. The zero-order valence-electron chi connectivity index (χ0n) is 9.10. The zero-order chi connectivity index (χ0) is 11.4. The van der Waals surface area contributed by atoms with Crippen molar-refractivity contribution in [3.05, 3.63) is 29.3 Å². The molecule has 88 valence electrons. The minimum Gasteiger partial charge on any atom is -0.396 e. The van der Waals surface area contributed by atoms with Crippen LogP contribution in [-0.4, -0.2) is 37.5 Å². The van der Waals surface area contributed by atoms with Crippen molar-refractivity contribution < 1.29 is 9.84 Å². The molecule has 0 spiro atoms. The Morgan fingerprint density at radius 2 is 2.25 bits per heavy atom. The van der Waals surface area contributed by atoms with Crippen LogP contribution in [-0.2, 0) is 4.74 Å². The highest BCUT2D eigenvalue weighted by Gasteiger charge is 2.23. The number of benzene rings is 1. The summed E-state index contributed by atoms with van der Waals surface area (Å²) >= 11 is 6.18. The van der Waals surface area contributed by atoms with Gasteiger partial charge in [-0.05, 0) is 18.6 Å². The molecule has 4 heteroatoms. The lowest BCUT2D eigenvalue weighted by molar-refractivity contribution is 0.0850. The van der Waals surface area contributed by atoms with Gasteiger partial charge in [-0.2, -0.15) is 0 Å². The fourth-order valence-electron chi connectivity index (χ4n) is 2.04. The predicted molar refractivity (Wildman–Crippen MR) is 65.1 cm³/mol. The monoisotopic (exact) mass is 241 g/mol. The lowest BCUT2D eigenvalue weighted by Crippen LogP contribution is -2.46. The van der Waals surface area contributed by atoms with Crippen LogP contribution in [0.1, 0.15) is 6.42 Å². The van der Waals surface area contributed by atoms with E-state index in [-0.39, 0.29) is 12.6 Å². The van der Waals surface area contributed by atoms with Crippen molar-refractivity contribution in [1.29, 1.82) is 0 Å². The Kier molecular flexibility index (Phi) is 4.04. The van der Waals surface area contributed by atoms with Crippen LogP contribution in [0.5, 0.6) is 0 Å². The van der Waals surface area contributed by atoms with Gasteiger partial charge in [0.1, 0.15) is 0 Å². The van der Waals surface area contributed by atoms with Crippen LogP contribution < -0.4 is 4.90 Å². The first-order valence-corrected chi connectivity index (χ1v) is 5.90. The normalized spacial score (nSPS) is 21.1. The van der Waals surface area contributed by atoms with Gasteiger partial charge in [0.15, 0.2) is 0 Å². The molecule has 0 aromatic heterocycles. The summed E-state index contributed by atoms with van der Waals surface area (Å²) in [5.74, 6) is 0. The van der Waals surface area contributed by atoms with Gasteiger partial charge in [0.05, 0.1) is 30.0 Å². The Hall–Kier alpha value is -0.770. The van der Waals surface area contributed by atoms with Crippen molar-refractivity contribution in [1.82, 2.24) is 0 Å². The molecule has 0 bridgehead atoms. The summed E-state index contributed by atoms with van der Waals surface area (Å²) in [6.45, 7) is 2.38. The van der Waals surface area contributed by atoms with E-state index in [2.05, 4.69) is 4.90 Å². The molecule has 1 aliphatic heterocycles. The Labute approximate surface area is 101 Å². The van der Waals surface area contributed by atoms with Crippen LogP contribution in [0.25, 0.3) is 0 Å². The van der Waals surface area contributed by atoms with E-state index < -0.39 is 0 Å². The topological polar surface area (TPSA) is 32.7 Å². The molecule has 1 aliphatic rings. The number of para-hydroxylation sites is 1. The third-order valence-electron chi connectivity index (χ3n) is 2.85. The van der Waals surface area contributed by atoms with E-state index in [1.807, 2.05) is 24.3 Å². The Balaban J connectivity index is 2.19. The van der Waals surface area contributed by atoms with Gasteiger partial charge in [0.2, 0.25) is 0 Å². The van der Waals surface area contributed by atoms with Crippen LogP contribution in [0.15, 0.2) is 24.3 Å². The van der Waals surface area contributed by atoms with Crippen LogP contribution in [0.4, 0.5) is 5.69 Å². The molecule has 0 amide bonds. The number of rotatable bonds is 3. The molecule has 1 fully saturated rings. The molecule has 1 N–H and O–H groups in total. The van der Waals surface area contributed by atoms with E-state index in [9.17, 15) is 0 Å². The molecule has 0 radical (unpaired) electrons. The van der Waals surface area contributed by atoms with Crippen LogP contribution in [0.2, 0.25) is 5.02 Å². The number of hydrogen-bond donors (Lipinski definition) is 1. The molecule has 1 atom stereocenters. The summed E-state index contributed by atoms with van der Waals surface area (Å²) in [7, 11) is 0. The van der Waals surface area contributed by atoms with Crippen molar-refractivity contribution in [3.8, 4) is 0 Å². The number of ether oxygens (including phenoxy) is 1. The van der Waals surface area contributed by atoms with E-state index in [4.69, 9.17) is 21.4 Å². The van der Waals surface area contributed by atoms with Crippen molar-refractivity contribution >= 4 is 17.3 Å². The maximum atomic E-state index is 9.04. The molecule has 1 aromatic carbocycles. The van der Waals surface area contributed by atoms with Gasteiger partial charge in [0.25, 0.3) is 0 Å². The number of morpholine rings is 1. The first-order chi connectivity index (χ1) is 7.83. The van der Waals surface area contributed by atoms with Crippen molar-refractivity contribution in [2.24, 2.45) is 0 Å². The molecular weight excluding hydrogens is 226 g/mol. The fraction of sp³-hybridized carbons (Fsp3) is 0.500. The van der Waals surface area contributed by atoms with Crippen molar-refractivity contribution in [2.45, 2.75) is 12.5 Å². The number of aliphatic hydroxyl groups is 1. The molecule has 1 saturated heterocycles. The van der Waals surface area contributed by atoms with Gasteiger partial charge in [-0.15, -0.1) is 0 Å². The quantitative estimate of drug-likeness (QED) is 0.878. The van der Waals surface area contributed by atoms with Gasteiger partial charge in [0, 0.05) is 13.2 Å². The minimum atomic E-state index is 0.176. The Bertz CT molecular complexity index is 344. The van der Waals surface area contributed by atoms with Gasteiger partial charge in [-0.25, -0.2) is 0 Å². The highest BCUT2D eigenvalue weighted by Crippen LogP contribution is 2.28. The summed E-state index contributed by atoms with van der Waals surface area (Å²) in [4.78, 5) is 2.22. The van der Waals surface area contributed by atoms with Crippen molar-refractivity contribution in [2.75, 3.05) is 31.3 Å². The number of nitrogens with zero attached hydrogens (tertiary/aromatic N) is 1. The smallest absolute Gasteiger partial charge is 0.0671 e. The average Bonchev–Trinajstić information content (AvgIpc) is 2.31. The Morgan fingerprint density at radius 1 is 1.44 bits per heavy atom. The summed E-state index contributed by atoms with van der Waals surface area (Å²) in [5.41, 5.74) is 1.03. The third-order valence-corrected chi connectivity index (χ3v) is 3.17. The number of aliphatic hydroxyl groups excluding tert-OH is 1. The highest BCUT2D eigenvalue weighted by atomic mass is 35.5. The minimum absolute atomic E-state index is 0.176. The molecule has 0 aliphatic carbocycles. The maximum absolute atomic E-state index is 9.04. The van der Waals surface area contributed by atoms with E-state index in [1.165, 1.54) is 0 Å². The van der Waals surface area contributed by atoms with E-state index in [1.54, 1.807) is 0 Å². The summed E-state index contributed by atoms with van der Waals surface area (Å²) in [6, 6.07) is 8.03. The summed E-state index contributed by atoms with van der Waals surface area (Å²) < 4.78 is 5.43. The summed E-state index contributed by atoms with van der Waals surface area (Å²) in [5, 5.41) is 9.79. The number of anilines is 1. The standard InChI is InChI=1S/C12H16ClNO2/c13-11-3-1-2-4-12(11)14-6-8-16-9-10(14)5-7-15/h1-4,10,15H,5-9H2. The van der Waals surface area contributed by atoms with Gasteiger partial charge >= 0.3 is 0 Å². The lowest BCUT2D eigenvalue weighted by atomic mass is 10.1. The number of halogens is 1. The molecular formula is C12H16ClNO2. The molecule has 1 aromatic rings. The second-order valence-corrected chi connectivity index (χ2v) is 4.29. The fourth-order valence-corrected chi connectivity index (χ4v) is 2.29. The Morgan fingerprint density at radius 3 is 3.00 bits per heavy atom. The number of hydrogen-bond acceptors (Lipinski definition) is 3. The molecule has 16 heavy (non-hydrogen) atoms. The lowest BCUT2D eigenvalue weighted by Gasteiger charge is -2.37. The second kappa shape index (κ2) is 5.53. The van der Waals surface area contributed by atoms with E-state index >= 15 is 0 Å². The van der Waals surface area contributed by atoms with Crippen LogP contribution >= 0.6 is 11.6 Å². The third kappa shape index (κ3) is 2.48. The molecule has 1 heterocycles. The first-order valence-electron chi connectivity index (χ1n) is 5.52. The van der Waals surface area contributed by atoms with Crippen LogP contribution in [0.3, 0.4) is 0 Å². The van der Waals surface area contributed by atoms with E-state index in [0.29, 0.717) is 19.6 Å². The molecule has 0 saturated carbocycles. The van der Waals surface area contributed by atoms with E-state index in [0.717, 1.165) is 17.3 Å². The van der Waals surface area contributed by atoms with Gasteiger partial charge in [-0.3, -0.25) is 0 Å². The highest BCUT2D eigenvalue weighted by molar-refractivity contribution is 6.33. The van der Waals surface area contributed by atoms with Crippen LogP contribution in [0, 0.1) is 0 Å². The van der Waals surface area contributed by atoms with Gasteiger partial charge < -0.3 is 14.7 Å². The largest absolute Gasteiger partial charge is 0.396 e. The van der Waals surface area contributed by atoms with Crippen molar-refractivity contribution in [3.63, 3.8) is 0 Å². The SMILES string of the molecule is OCCC1COCCN1c1ccccc1Cl. The predicted octanol–water partition coefficient (Wildman–Crippen LogP) is 1.93. The second-order valence-electron chi connectivity index (χ2n) is 3.89.